The zero-order valence-corrected chi connectivity index (χ0v) is 18.3. The minimum atomic E-state index is 0.0109. The molecule has 0 N–H and O–H groups in total. The Morgan fingerprint density at radius 3 is 2.31 bits per heavy atom. The summed E-state index contributed by atoms with van der Waals surface area (Å²) >= 11 is 1.95. The van der Waals surface area contributed by atoms with Gasteiger partial charge in [-0.05, 0) is 37.8 Å². The third-order valence-electron chi connectivity index (χ3n) is 6.68. The summed E-state index contributed by atoms with van der Waals surface area (Å²) in [5, 5.41) is 0. The van der Waals surface area contributed by atoms with E-state index >= 15 is 0 Å². The van der Waals surface area contributed by atoms with Gasteiger partial charge < -0.3 is 9.80 Å². The number of carbonyl (C=O) groups is 2. The second-order valence-corrected chi connectivity index (χ2v) is 9.85. The molecule has 1 aromatic carbocycles. The molecule has 1 aliphatic carbocycles. The van der Waals surface area contributed by atoms with E-state index in [0.717, 1.165) is 48.8 Å². The summed E-state index contributed by atoms with van der Waals surface area (Å²) in [4.78, 5) is 32.8. The first-order valence-corrected chi connectivity index (χ1v) is 12.3. The van der Waals surface area contributed by atoms with Crippen LogP contribution in [0.25, 0.3) is 0 Å². The number of rotatable bonds is 4. The van der Waals surface area contributed by atoms with Crippen LogP contribution in [0.2, 0.25) is 0 Å². The number of thioether (sulfide) groups is 1. The van der Waals surface area contributed by atoms with Crippen LogP contribution in [0.5, 0.6) is 0 Å². The Balaban J connectivity index is 1.42. The molecule has 2 aliphatic heterocycles. The van der Waals surface area contributed by atoms with Crippen molar-refractivity contribution >= 4 is 23.6 Å². The van der Waals surface area contributed by atoms with Gasteiger partial charge in [0.25, 0.3) is 5.91 Å². The van der Waals surface area contributed by atoms with E-state index in [0.29, 0.717) is 24.9 Å². The lowest BCUT2D eigenvalue weighted by molar-refractivity contribution is -0.139. The highest BCUT2D eigenvalue weighted by Crippen LogP contribution is 2.32. The van der Waals surface area contributed by atoms with E-state index in [1.54, 1.807) is 0 Å². The minimum absolute atomic E-state index is 0.0109. The highest BCUT2D eigenvalue weighted by molar-refractivity contribution is 7.99. The van der Waals surface area contributed by atoms with Crippen molar-refractivity contribution in [2.75, 3.05) is 50.8 Å². The molecule has 1 atom stereocenters. The number of nitrogens with zero attached hydrogens (tertiary/aromatic N) is 3. The van der Waals surface area contributed by atoms with Crippen molar-refractivity contribution in [3.63, 3.8) is 0 Å². The lowest BCUT2D eigenvalue weighted by atomic mass is 9.94. The number of carbonyl (C=O) groups excluding carboxylic acids is 2. The molecule has 2 amide bonds. The first kappa shape index (κ1) is 20.7. The molecular weight excluding hydrogens is 382 g/mol. The second-order valence-electron chi connectivity index (χ2n) is 8.62. The Morgan fingerprint density at radius 1 is 0.966 bits per heavy atom. The lowest BCUT2D eigenvalue weighted by Gasteiger charge is -2.43. The Bertz CT molecular complexity index is 721. The molecule has 2 heterocycles. The zero-order chi connectivity index (χ0) is 20.2. The van der Waals surface area contributed by atoms with Crippen molar-refractivity contribution in [3.8, 4) is 0 Å². The van der Waals surface area contributed by atoms with Gasteiger partial charge in [-0.1, -0.05) is 30.5 Å². The van der Waals surface area contributed by atoms with Gasteiger partial charge in [-0.3, -0.25) is 14.5 Å². The first-order chi connectivity index (χ1) is 14.1. The molecule has 6 heteroatoms. The van der Waals surface area contributed by atoms with Gasteiger partial charge >= 0.3 is 0 Å². The number of hydrogen-bond acceptors (Lipinski definition) is 4. The molecule has 158 valence electrons. The van der Waals surface area contributed by atoms with Gasteiger partial charge in [0.05, 0.1) is 6.04 Å². The van der Waals surface area contributed by atoms with Crippen LogP contribution in [0.15, 0.2) is 24.3 Å². The van der Waals surface area contributed by atoms with Crippen molar-refractivity contribution in [1.29, 1.82) is 0 Å². The normalized spacial score (nSPS) is 22.7. The van der Waals surface area contributed by atoms with E-state index in [2.05, 4.69) is 9.80 Å². The predicted octanol–water partition coefficient (Wildman–Crippen LogP) is 2.89. The first-order valence-electron chi connectivity index (χ1n) is 11.1. The fraction of sp³-hybridized carbons (Fsp3) is 0.652. The standard InChI is InChI=1S/C23H33N3O2S/c1-18-5-4-8-20(17-18)22(27)25-11-9-24(10-12-25)21(19-6-2-3-7-19)23(28)26-13-15-29-16-14-26/h4-5,8,17,19,21H,2-3,6-7,9-16H2,1H3. The number of amides is 2. The zero-order valence-electron chi connectivity index (χ0n) is 17.5. The van der Waals surface area contributed by atoms with Crippen LogP contribution in [-0.4, -0.2) is 83.3 Å². The molecule has 0 radical (unpaired) electrons. The smallest absolute Gasteiger partial charge is 0.253 e. The molecule has 0 spiro atoms. The minimum Gasteiger partial charge on any atom is -0.340 e. The van der Waals surface area contributed by atoms with Crippen molar-refractivity contribution in [2.45, 2.75) is 38.6 Å². The van der Waals surface area contributed by atoms with E-state index in [9.17, 15) is 9.59 Å². The Labute approximate surface area is 178 Å². The van der Waals surface area contributed by atoms with Crippen molar-refractivity contribution < 1.29 is 9.59 Å². The molecular formula is C23H33N3O2S. The summed E-state index contributed by atoms with van der Waals surface area (Å²) in [5.74, 6) is 3.06. The summed E-state index contributed by atoms with van der Waals surface area (Å²) in [6.45, 7) is 6.81. The van der Waals surface area contributed by atoms with Crippen molar-refractivity contribution in [2.24, 2.45) is 5.92 Å². The molecule has 3 fully saturated rings. The maximum absolute atomic E-state index is 13.5. The Hall–Kier alpha value is -1.53. The van der Waals surface area contributed by atoms with Crippen LogP contribution in [0.1, 0.15) is 41.6 Å². The van der Waals surface area contributed by atoms with E-state index in [4.69, 9.17) is 0 Å². The predicted molar refractivity (Wildman–Crippen MR) is 118 cm³/mol. The van der Waals surface area contributed by atoms with Gasteiger partial charge in [-0.15, -0.1) is 0 Å². The van der Waals surface area contributed by atoms with Crippen molar-refractivity contribution in [3.05, 3.63) is 35.4 Å². The molecule has 0 aromatic heterocycles. The summed E-state index contributed by atoms with van der Waals surface area (Å²) in [6, 6.07) is 7.85. The highest BCUT2D eigenvalue weighted by Gasteiger charge is 2.39. The Morgan fingerprint density at radius 2 is 1.66 bits per heavy atom. The average molecular weight is 416 g/mol. The van der Waals surface area contributed by atoms with Crippen LogP contribution in [0.4, 0.5) is 0 Å². The third-order valence-corrected chi connectivity index (χ3v) is 7.62. The quantitative estimate of drug-likeness (QED) is 0.759. The molecule has 5 nitrogen and oxygen atoms in total. The van der Waals surface area contributed by atoms with Crippen LogP contribution in [0.3, 0.4) is 0 Å². The van der Waals surface area contributed by atoms with Crippen LogP contribution >= 0.6 is 11.8 Å². The van der Waals surface area contributed by atoms with Crippen LogP contribution in [-0.2, 0) is 4.79 Å². The number of hydrogen-bond donors (Lipinski definition) is 0. The van der Waals surface area contributed by atoms with E-state index in [1.165, 1.54) is 25.7 Å². The van der Waals surface area contributed by atoms with Gasteiger partial charge in [0, 0.05) is 56.3 Å². The SMILES string of the molecule is Cc1cccc(C(=O)N2CCN(C(C(=O)N3CCSCC3)C3CCCC3)CC2)c1. The monoisotopic (exact) mass is 415 g/mol. The molecule has 2 saturated heterocycles. The maximum atomic E-state index is 13.5. The number of piperazine rings is 1. The molecule has 1 aromatic rings. The number of benzene rings is 1. The lowest BCUT2D eigenvalue weighted by Crippen LogP contribution is -2.59. The molecule has 4 rings (SSSR count). The molecule has 29 heavy (non-hydrogen) atoms. The van der Waals surface area contributed by atoms with Gasteiger partial charge in [-0.25, -0.2) is 0 Å². The second kappa shape index (κ2) is 9.52. The fourth-order valence-corrected chi connectivity index (χ4v) is 5.97. The number of aryl methyl sites for hydroxylation is 1. The van der Waals surface area contributed by atoms with Crippen LogP contribution in [0, 0.1) is 12.8 Å². The highest BCUT2D eigenvalue weighted by atomic mass is 32.2. The van der Waals surface area contributed by atoms with Gasteiger partial charge in [0.1, 0.15) is 0 Å². The maximum Gasteiger partial charge on any atom is 0.253 e. The molecule has 1 saturated carbocycles. The average Bonchev–Trinajstić information content (AvgIpc) is 3.29. The van der Waals surface area contributed by atoms with Gasteiger partial charge in [0.15, 0.2) is 0 Å². The fourth-order valence-electron chi connectivity index (χ4n) is 5.06. The summed E-state index contributed by atoms with van der Waals surface area (Å²) in [6.07, 6.45) is 4.83. The topological polar surface area (TPSA) is 43.9 Å². The van der Waals surface area contributed by atoms with E-state index in [-0.39, 0.29) is 11.9 Å². The van der Waals surface area contributed by atoms with E-state index in [1.807, 2.05) is 47.9 Å². The summed E-state index contributed by atoms with van der Waals surface area (Å²) < 4.78 is 0. The Kier molecular flexibility index (Phi) is 6.81. The van der Waals surface area contributed by atoms with Crippen molar-refractivity contribution in [1.82, 2.24) is 14.7 Å². The van der Waals surface area contributed by atoms with Crippen LogP contribution < -0.4 is 0 Å². The molecule has 3 aliphatic rings. The summed E-state index contributed by atoms with van der Waals surface area (Å²) in [5.41, 5.74) is 1.88. The molecule has 0 bridgehead atoms. The van der Waals surface area contributed by atoms with Gasteiger partial charge in [-0.2, -0.15) is 11.8 Å². The third kappa shape index (κ3) is 4.80. The van der Waals surface area contributed by atoms with E-state index < -0.39 is 0 Å². The van der Waals surface area contributed by atoms with Gasteiger partial charge in [0.2, 0.25) is 5.91 Å². The summed E-state index contributed by atoms with van der Waals surface area (Å²) in [7, 11) is 0. The molecule has 1 unspecified atom stereocenters. The largest absolute Gasteiger partial charge is 0.340 e.